The molecule has 1 saturated heterocycles. The minimum atomic E-state index is -0.955. The maximum Gasteiger partial charge on any atom is 0.335 e. The fraction of sp³-hybridized carbons (Fsp3) is 0.467. The lowest BCUT2D eigenvalue weighted by atomic mass is 9.99. The first kappa shape index (κ1) is 13.9. The van der Waals surface area contributed by atoms with Crippen LogP contribution in [0.25, 0.3) is 0 Å². The molecular formula is C15H18N2O4. The topological polar surface area (TPSA) is 81.1 Å². The lowest BCUT2D eigenvalue weighted by Crippen LogP contribution is -2.44. The Morgan fingerprint density at radius 2 is 2.05 bits per heavy atom. The van der Waals surface area contributed by atoms with Crippen LogP contribution in [-0.2, 0) is 6.42 Å². The van der Waals surface area contributed by atoms with Gasteiger partial charge in [-0.05, 0) is 43.0 Å². The van der Waals surface area contributed by atoms with Crippen LogP contribution in [0.4, 0.5) is 10.5 Å². The second kappa shape index (κ2) is 5.37. The van der Waals surface area contributed by atoms with E-state index in [1.807, 2.05) is 0 Å². The molecule has 112 valence electrons. The van der Waals surface area contributed by atoms with E-state index in [1.54, 1.807) is 21.9 Å². The SMILES string of the molecule is O=C(O)c1ccc2c(c1)CCCN2C(=O)N1CCC(O)C1. The molecule has 6 heteroatoms. The van der Waals surface area contributed by atoms with E-state index in [1.165, 1.54) is 6.07 Å². The van der Waals surface area contributed by atoms with Crippen molar-refractivity contribution in [2.75, 3.05) is 24.5 Å². The maximum absolute atomic E-state index is 12.6. The van der Waals surface area contributed by atoms with Gasteiger partial charge in [0, 0.05) is 25.3 Å². The molecule has 1 aromatic rings. The predicted molar refractivity (Wildman–Crippen MR) is 76.7 cm³/mol. The summed E-state index contributed by atoms with van der Waals surface area (Å²) in [5.74, 6) is -0.955. The minimum absolute atomic E-state index is 0.101. The number of β-amino-alcohol motifs (C(OH)–C–C–N with tert-alkyl or cyclic N) is 1. The number of nitrogens with zero attached hydrogens (tertiary/aromatic N) is 2. The number of aryl methyl sites for hydroxylation is 1. The summed E-state index contributed by atoms with van der Waals surface area (Å²) >= 11 is 0. The summed E-state index contributed by atoms with van der Waals surface area (Å²) in [6, 6.07) is 4.79. The van der Waals surface area contributed by atoms with Crippen molar-refractivity contribution in [3.05, 3.63) is 29.3 Å². The average molecular weight is 290 g/mol. The summed E-state index contributed by atoms with van der Waals surface area (Å²) in [6.07, 6.45) is 1.78. The number of hydrogen-bond donors (Lipinski definition) is 2. The van der Waals surface area contributed by atoms with Gasteiger partial charge in [-0.25, -0.2) is 9.59 Å². The minimum Gasteiger partial charge on any atom is -0.478 e. The molecule has 1 fully saturated rings. The molecule has 1 aromatic carbocycles. The number of aliphatic hydroxyl groups excluding tert-OH is 1. The van der Waals surface area contributed by atoms with Crippen molar-refractivity contribution in [2.45, 2.75) is 25.4 Å². The molecule has 0 radical (unpaired) electrons. The Morgan fingerprint density at radius 3 is 2.71 bits per heavy atom. The number of anilines is 1. The van der Waals surface area contributed by atoms with Crippen molar-refractivity contribution in [1.29, 1.82) is 0 Å². The van der Waals surface area contributed by atoms with Gasteiger partial charge in [-0.15, -0.1) is 0 Å². The van der Waals surface area contributed by atoms with Gasteiger partial charge in [-0.2, -0.15) is 0 Å². The molecule has 2 aliphatic rings. The van der Waals surface area contributed by atoms with Gasteiger partial charge < -0.3 is 15.1 Å². The van der Waals surface area contributed by atoms with Crippen LogP contribution in [0.15, 0.2) is 18.2 Å². The number of likely N-dealkylation sites (tertiary alicyclic amines) is 1. The highest BCUT2D eigenvalue weighted by Crippen LogP contribution is 2.29. The van der Waals surface area contributed by atoms with Gasteiger partial charge in [0.25, 0.3) is 0 Å². The zero-order valence-electron chi connectivity index (χ0n) is 11.7. The number of benzene rings is 1. The van der Waals surface area contributed by atoms with E-state index in [0.717, 1.165) is 24.1 Å². The number of urea groups is 1. The molecule has 0 spiro atoms. The summed E-state index contributed by atoms with van der Waals surface area (Å²) in [6.45, 7) is 1.57. The lowest BCUT2D eigenvalue weighted by molar-refractivity contribution is 0.0696. The van der Waals surface area contributed by atoms with Crippen LogP contribution >= 0.6 is 0 Å². The zero-order valence-corrected chi connectivity index (χ0v) is 11.7. The average Bonchev–Trinajstić information content (AvgIpc) is 2.91. The van der Waals surface area contributed by atoms with Crippen molar-refractivity contribution >= 4 is 17.7 Å². The molecule has 2 heterocycles. The van der Waals surface area contributed by atoms with Crippen LogP contribution in [0.3, 0.4) is 0 Å². The lowest BCUT2D eigenvalue weighted by Gasteiger charge is -2.32. The number of aromatic carboxylic acids is 1. The van der Waals surface area contributed by atoms with Crippen molar-refractivity contribution in [2.24, 2.45) is 0 Å². The number of carbonyl (C=O) groups excluding carboxylic acids is 1. The fourth-order valence-electron chi connectivity index (χ4n) is 3.02. The first-order valence-electron chi connectivity index (χ1n) is 7.17. The van der Waals surface area contributed by atoms with E-state index in [9.17, 15) is 14.7 Å². The molecule has 1 unspecified atom stereocenters. The third-order valence-electron chi connectivity index (χ3n) is 4.11. The molecule has 3 rings (SSSR count). The van der Waals surface area contributed by atoms with E-state index in [4.69, 9.17) is 5.11 Å². The predicted octanol–water partition coefficient (Wildman–Crippen LogP) is 1.32. The van der Waals surface area contributed by atoms with Crippen LogP contribution < -0.4 is 4.90 Å². The third kappa shape index (κ3) is 2.58. The van der Waals surface area contributed by atoms with E-state index < -0.39 is 12.1 Å². The van der Waals surface area contributed by atoms with Crippen LogP contribution in [0, 0.1) is 0 Å². The Bertz CT molecular complexity index is 587. The van der Waals surface area contributed by atoms with Gasteiger partial charge in [0.15, 0.2) is 0 Å². The normalized spacial score (nSPS) is 21.3. The van der Waals surface area contributed by atoms with Gasteiger partial charge in [-0.1, -0.05) is 0 Å². The molecule has 0 saturated carbocycles. The quantitative estimate of drug-likeness (QED) is 0.817. The molecule has 6 nitrogen and oxygen atoms in total. The highest BCUT2D eigenvalue weighted by Gasteiger charge is 2.31. The molecule has 2 amide bonds. The smallest absolute Gasteiger partial charge is 0.335 e. The highest BCUT2D eigenvalue weighted by molar-refractivity contribution is 5.95. The number of aliphatic hydroxyl groups is 1. The maximum atomic E-state index is 12.6. The van der Waals surface area contributed by atoms with E-state index >= 15 is 0 Å². The number of carboxylic acid groups (broad SMARTS) is 1. The second-order valence-corrected chi connectivity index (χ2v) is 5.57. The highest BCUT2D eigenvalue weighted by atomic mass is 16.4. The standard InChI is InChI=1S/C15H18N2O4/c18-12-5-7-16(9-12)15(21)17-6-1-2-10-8-11(14(19)20)3-4-13(10)17/h3-4,8,12,18H,1-2,5-7,9H2,(H,19,20). The monoisotopic (exact) mass is 290 g/mol. The Kier molecular flexibility index (Phi) is 3.55. The Balaban J connectivity index is 1.86. The first-order valence-corrected chi connectivity index (χ1v) is 7.17. The van der Waals surface area contributed by atoms with Crippen molar-refractivity contribution in [3.8, 4) is 0 Å². The number of hydrogen-bond acceptors (Lipinski definition) is 3. The molecule has 0 aliphatic carbocycles. The van der Waals surface area contributed by atoms with Crippen molar-refractivity contribution in [1.82, 2.24) is 4.90 Å². The second-order valence-electron chi connectivity index (χ2n) is 5.57. The van der Waals surface area contributed by atoms with Gasteiger partial charge in [0.05, 0.1) is 11.7 Å². The molecule has 0 bridgehead atoms. The Morgan fingerprint density at radius 1 is 1.24 bits per heavy atom. The summed E-state index contributed by atoms with van der Waals surface area (Å²) < 4.78 is 0. The number of carboxylic acids is 1. The van der Waals surface area contributed by atoms with Gasteiger partial charge in [0.1, 0.15) is 0 Å². The van der Waals surface area contributed by atoms with Crippen molar-refractivity contribution in [3.63, 3.8) is 0 Å². The van der Waals surface area contributed by atoms with Gasteiger partial charge in [0.2, 0.25) is 0 Å². The molecule has 2 N–H and O–H groups in total. The van der Waals surface area contributed by atoms with Crippen molar-refractivity contribution < 1.29 is 19.8 Å². The zero-order chi connectivity index (χ0) is 15.0. The summed E-state index contributed by atoms with van der Waals surface area (Å²) in [5.41, 5.74) is 1.94. The van der Waals surface area contributed by atoms with Crippen LogP contribution in [0.5, 0.6) is 0 Å². The molecule has 2 aliphatic heterocycles. The molecular weight excluding hydrogens is 272 g/mol. The number of fused-ring (bicyclic) bond motifs is 1. The van der Waals surface area contributed by atoms with E-state index in [-0.39, 0.29) is 11.6 Å². The third-order valence-corrected chi connectivity index (χ3v) is 4.11. The van der Waals surface area contributed by atoms with Gasteiger partial charge >= 0.3 is 12.0 Å². The van der Waals surface area contributed by atoms with E-state index in [2.05, 4.69) is 0 Å². The Hall–Kier alpha value is -2.08. The molecule has 0 aromatic heterocycles. The van der Waals surface area contributed by atoms with E-state index in [0.29, 0.717) is 26.1 Å². The van der Waals surface area contributed by atoms with Crippen LogP contribution in [0.1, 0.15) is 28.8 Å². The summed E-state index contributed by atoms with van der Waals surface area (Å²) in [7, 11) is 0. The molecule has 21 heavy (non-hydrogen) atoms. The number of rotatable bonds is 1. The van der Waals surface area contributed by atoms with Crippen LogP contribution in [0.2, 0.25) is 0 Å². The first-order chi connectivity index (χ1) is 10.1. The molecule has 1 atom stereocenters. The summed E-state index contributed by atoms with van der Waals surface area (Å²) in [5, 5.41) is 18.6. The largest absolute Gasteiger partial charge is 0.478 e. The van der Waals surface area contributed by atoms with Crippen LogP contribution in [-0.4, -0.2) is 52.9 Å². The van der Waals surface area contributed by atoms with Gasteiger partial charge in [-0.3, -0.25) is 4.90 Å². The number of amides is 2. The summed E-state index contributed by atoms with van der Waals surface area (Å²) in [4.78, 5) is 26.9. The number of carbonyl (C=O) groups is 2. The fourth-order valence-corrected chi connectivity index (χ4v) is 3.02. The Labute approximate surface area is 122 Å².